The molecule has 1 aliphatic carbocycles. The third-order valence-electron chi connectivity index (χ3n) is 2.49. The maximum Gasteiger partial charge on any atom is 0.217 e. The number of hydrogen-bond acceptors (Lipinski definition) is 1. The van der Waals surface area contributed by atoms with Gasteiger partial charge in [-0.2, -0.15) is 0 Å². The van der Waals surface area contributed by atoms with Gasteiger partial charge in [0.1, 0.15) is 0 Å². The third kappa shape index (κ3) is 3.78. The number of hydrogen-bond donors (Lipinski definition) is 1. The molecule has 1 atom stereocenters. The highest BCUT2D eigenvalue weighted by atomic mass is 16.1. The summed E-state index contributed by atoms with van der Waals surface area (Å²) in [5, 5.41) is 2.77. The molecule has 0 radical (unpaired) electrons. The minimum Gasteiger partial charge on any atom is -0.352 e. The highest BCUT2D eigenvalue weighted by molar-refractivity contribution is 5.73. The summed E-state index contributed by atoms with van der Waals surface area (Å²) in [5.41, 5.74) is 0.996. The number of carbonyl (C=O) groups excluding carboxylic acids is 1. The normalized spacial score (nSPS) is 23.2. The molecular formula is C14H17NO. The first-order valence-electron chi connectivity index (χ1n) is 5.31. The molecule has 1 N–H and O–H groups in total. The van der Waals surface area contributed by atoms with Gasteiger partial charge in [-0.15, -0.1) is 12.3 Å². The topological polar surface area (TPSA) is 29.1 Å². The zero-order valence-corrected chi connectivity index (χ0v) is 9.79. The summed E-state index contributed by atoms with van der Waals surface area (Å²) in [6.07, 6.45) is 16.2. The lowest BCUT2D eigenvalue weighted by molar-refractivity contribution is -0.118. The van der Waals surface area contributed by atoms with Gasteiger partial charge < -0.3 is 5.32 Å². The lowest BCUT2D eigenvalue weighted by atomic mass is 9.86. The summed E-state index contributed by atoms with van der Waals surface area (Å²) in [7, 11) is 0. The number of carbonyl (C=O) groups is 1. The molecule has 0 aliphatic heterocycles. The Hall–Kier alpha value is -1.75. The van der Waals surface area contributed by atoms with E-state index in [9.17, 15) is 4.79 Å². The molecule has 16 heavy (non-hydrogen) atoms. The Morgan fingerprint density at radius 3 is 2.94 bits per heavy atom. The fraction of sp³-hybridized carbons (Fsp3) is 0.357. The van der Waals surface area contributed by atoms with E-state index in [1.54, 1.807) is 0 Å². The van der Waals surface area contributed by atoms with E-state index < -0.39 is 0 Å². The first kappa shape index (κ1) is 12.3. The molecule has 0 fully saturated rings. The minimum atomic E-state index is -0.0801. The number of rotatable bonds is 3. The summed E-state index contributed by atoms with van der Waals surface area (Å²) in [6, 6.07) is 0. The van der Waals surface area contributed by atoms with E-state index in [0.717, 1.165) is 5.57 Å². The van der Waals surface area contributed by atoms with Gasteiger partial charge in [0.2, 0.25) is 5.91 Å². The molecule has 2 nitrogen and oxygen atoms in total. The Morgan fingerprint density at radius 2 is 2.31 bits per heavy atom. The van der Waals surface area contributed by atoms with Gasteiger partial charge in [0.25, 0.3) is 0 Å². The van der Waals surface area contributed by atoms with Gasteiger partial charge in [-0.05, 0) is 5.57 Å². The Bertz CT molecular complexity index is 395. The largest absolute Gasteiger partial charge is 0.352 e. The zero-order valence-electron chi connectivity index (χ0n) is 9.79. The number of allylic oxidation sites excluding steroid dienone is 4. The molecule has 1 unspecified atom stereocenters. The van der Waals surface area contributed by atoms with Gasteiger partial charge in [-0.1, -0.05) is 37.3 Å². The molecule has 2 heteroatoms. The van der Waals surface area contributed by atoms with Crippen LogP contribution in [0.5, 0.6) is 0 Å². The van der Waals surface area contributed by atoms with Crippen molar-refractivity contribution in [2.75, 3.05) is 6.54 Å². The summed E-state index contributed by atoms with van der Waals surface area (Å²) < 4.78 is 0. The molecule has 84 valence electrons. The Morgan fingerprint density at radius 1 is 1.56 bits per heavy atom. The van der Waals surface area contributed by atoms with Crippen LogP contribution in [0.15, 0.2) is 36.0 Å². The highest BCUT2D eigenvalue weighted by Crippen LogP contribution is 2.27. The summed E-state index contributed by atoms with van der Waals surface area (Å²) >= 11 is 0. The van der Waals surface area contributed by atoms with Crippen molar-refractivity contribution in [3.8, 4) is 12.3 Å². The summed E-state index contributed by atoms with van der Waals surface area (Å²) in [5.74, 6) is 2.66. The van der Waals surface area contributed by atoms with Gasteiger partial charge in [-0.25, -0.2) is 0 Å². The van der Waals surface area contributed by atoms with E-state index in [2.05, 4.69) is 30.3 Å². The SMILES string of the molecule is C#CCC1(C)C=CC=C(CNC(C)=O)C=C1. The van der Waals surface area contributed by atoms with Gasteiger partial charge in [0, 0.05) is 25.3 Å². The Labute approximate surface area is 97.1 Å². The van der Waals surface area contributed by atoms with Gasteiger partial charge >= 0.3 is 0 Å². The van der Waals surface area contributed by atoms with Crippen LogP contribution in [0.2, 0.25) is 0 Å². The average Bonchev–Trinajstić information content (AvgIpc) is 2.38. The summed E-state index contributed by atoms with van der Waals surface area (Å²) in [6.45, 7) is 4.16. The molecule has 1 amide bonds. The Kier molecular flexibility index (Phi) is 4.13. The molecule has 0 spiro atoms. The van der Waals surface area contributed by atoms with E-state index in [1.165, 1.54) is 6.92 Å². The molecular weight excluding hydrogens is 198 g/mol. The predicted molar refractivity (Wildman–Crippen MR) is 66.6 cm³/mol. The molecule has 0 aromatic carbocycles. The standard InChI is InChI=1S/C14H17NO/c1-4-8-14(3)9-5-6-13(7-10-14)11-15-12(2)16/h1,5-7,9-10H,8,11H2,2-3H3,(H,15,16). The quantitative estimate of drug-likeness (QED) is 0.718. The second kappa shape index (κ2) is 5.37. The fourth-order valence-electron chi connectivity index (χ4n) is 1.48. The monoisotopic (exact) mass is 215 g/mol. The number of nitrogens with one attached hydrogen (secondary N) is 1. The first-order valence-corrected chi connectivity index (χ1v) is 5.31. The van der Waals surface area contributed by atoms with E-state index in [-0.39, 0.29) is 11.3 Å². The molecule has 0 aromatic rings. The van der Waals surface area contributed by atoms with Crippen LogP contribution in [-0.2, 0) is 4.79 Å². The van der Waals surface area contributed by atoms with Crippen molar-refractivity contribution in [2.45, 2.75) is 20.3 Å². The van der Waals surface area contributed by atoms with Gasteiger partial charge in [0.15, 0.2) is 0 Å². The van der Waals surface area contributed by atoms with Crippen LogP contribution >= 0.6 is 0 Å². The van der Waals surface area contributed by atoms with Crippen LogP contribution in [-0.4, -0.2) is 12.5 Å². The molecule has 0 heterocycles. The van der Waals surface area contributed by atoms with Crippen LogP contribution in [0.4, 0.5) is 0 Å². The fourth-order valence-corrected chi connectivity index (χ4v) is 1.48. The second-order valence-corrected chi connectivity index (χ2v) is 4.23. The van der Waals surface area contributed by atoms with E-state index in [0.29, 0.717) is 13.0 Å². The van der Waals surface area contributed by atoms with Crippen molar-refractivity contribution < 1.29 is 4.79 Å². The number of terminal acetylenes is 1. The third-order valence-corrected chi connectivity index (χ3v) is 2.49. The number of amides is 1. The average molecular weight is 215 g/mol. The highest BCUT2D eigenvalue weighted by Gasteiger charge is 2.16. The first-order chi connectivity index (χ1) is 7.56. The van der Waals surface area contributed by atoms with Crippen LogP contribution in [0.1, 0.15) is 20.3 Å². The molecule has 0 saturated carbocycles. The van der Waals surface area contributed by atoms with Crippen LogP contribution in [0.25, 0.3) is 0 Å². The van der Waals surface area contributed by atoms with E-state index in [1.807, 2.05) is 18.2 Å². The minimum absolute atomic E-state index is 0.0195. The second-order valence-electron chi connectivity index (χ2n) is 4.23. The van der Waals surface area contributed by atoms with Crippen molar-refractivity contribution in [3.63, 3.8) is 0 Å². The lowest BCUT2D eigenvalue weighted by Crippen LogP contribution is -2.21. The molecule has 0 aromatic heterocycles. The summed E-state index contributed by atoms with van der Waals surface area (Å²) in [4.78, 5) is 10.8. The van der Waals surface area contributed by atoms with Gasteiger partial charge in [0.05, 0.1) is 0 Å². The van der Waals surface area contributed by atoms with Crippen molar-refractivity contribution in [3.05, 3.63) is 36.0 Å². The van der Waals surface area contributed by atoms with Crippen molar-refractivity contribution in [1.29, 1.82) is 0 Å². The lowest BCUT2D eigenvalue weighted by Gasteiger charge is -2.17. The molecule has 1 aliphatic rings. The maximum atomic E-state index is 10.8. The van der Waals surface area contributed by atoms with Crippen molar-refractivity contribution in [2.24, 2.45) is 5.41 Å². The van der Waals surface area contributed by atoms with Gasteiger partial charge in [-0.3, -0.25) is 4.79 Å². The maximum absolute atomic E-state index is 10.8. The molecule has 0 saturated heterocycles. The van der Waals surface area contributed by atoms with E-state index >= 15 is 0 Å². The zero-order chi connectivity index (χ0) is 12.0. The smallest absolute Gasteiger partial charge is 0.217 e. The van der Waals surface area contributed by atoms with Crippen LogP contribution in [0, 0.1) is 17.8 Å². The Balaban J connectivity index is 2.68. The molecule has 1 rings (SSSR count). The van der Waals surface area contributed by atoms with Crippen LogP contribution in [0.3, 0.4) is 0 Å². The van der Waals surface area contributed by atoms with Crippen molar-refractivity contribution >= 4 is 5.91 Å². The van der Waals surface area contributed by atoms with Crippen molar-refractivity contribution in [1.82, 2.24) is 5.32 Å². The van der Waals surface area contributed by atoms with E-state index in [4.69, 9.17) is 6.42 Å². The van der Waals surface area contributed by atoms with Crippen LogP contribution < -0.4 is 5.32 Å². The molecule has 0 bridgehead atoms. The predicted octanol–water partition coefficient (Wildman–Crippen LogP) is 2.20.